The number of anilines is 1. The normalized spacial score (nSPS) is 11.4. The van der Waals surface area contributed by atoms with Gasteiger partial charge in [-0.05, 0) is 29.0 Å². The number of amides is 1. The Morgan fingerprint density at radius 3 is 2.65 bits per heavy atom. The second-order valence-corrected chi connectivity index (χ2v) is 5.88. The van der Waals surface area contributed by atoms with E-state index >= 15 is 0 Å². The molecule has 6 heteroatoms. The summed E-state index contributed by atoms with van der Waals surface area (Å²) in [5.41, 5.74) is 1.84. The average molecular weight is 344 g/mol. The fourth-order valence-corrected chi connectivity index (χ4v) is 2.83. The number of aromatic nitrogens is 1. The molecule has 0 unspecified atom stereocenters. The third kappa shape index (κ3) is 3.12. The number of nitrogens with one attached hydrogen (secondary N) is 2. The molecule has 128 valence electrons. The van der Waals surface area contributed by atoms with Crippen molar-refractivity contribution in [2.75, 3.05) is 11.9 Å². The largest absolute Gasteiger partial charge is 0.493 e. The minimum atomic E-state index is -0.428. The fraction of sp³-hybridized carbons (Fsp3) is 0.0500. The highest BCUT2D eigenvalue weighted by Gasteiger charge is 2.10. The van der Waals surface area contributed by atoms with Crippen LogP contribution in [0, 0.1) is 0 Å². The first-order valence-electron chi connectivity index (χ1n) is 8.17. The lowest BCUT2D eigenvalue weighted by Gasteiger charge is -2.05. The van der Waals surface area contributed by atoms with Crippen LogP contribution in [0.4, 0.5) is 11.4 Å². The second kappa shape index (κ2) is 6.68. The maximum absolute atomic E-state index is 12.0. The van der Waals surface area contributed by atoms with Crippen molar-refractivity contribution in [1.29, 1.82) is 0 Å². The van der Waals surface area contributed by atoms with Gasteiger partial charge in [0.15, 0.2) is 5.69 Å². The van der Waals surface area contributed by atoms with Crippen LogP contribution in [0.25, 0.3) is 21.7 Å². The van der Waals surface area contributed by atoms with Crippen LogP contribution in [-0.4, -0.2) is 22.5 Å². The number of azo groups is 1. The molecule has 0 saturated carbocycles. The number of rotatable bonds is 4. The molecule has 0 bridgehead atoms. The quantitative estimate of drug-likeness (QED) is 0.467. The zero-order valence-corrected chi connectivity index (χ0v) is 13.8. The summed E-state index contributed by atoms with van der Waals surface area (Å²) in [5.74, 6) is -0.534. The summed E-state index contributed by atoms with van der Waals surface area (Å²) >= 11 is 0. The number of fused-ring (bicyclic) bond motifs is 2. The van der Waals surface area contributed by atoms with Gasteiger partial charge in [-0.3, -0.25) is 4.79 Å². The van der Waals surface area contributed by atoms with E-state index in [4.69, 9.17) is 0 Å². The lowest BCUT2D eigenvalue weighted by molar-refractivity contribution is -0.116. The highest BCUT2D eigenvalue weighted by Crippen LogP contribution is 2.35. The molecule has 3 aromatic carbocycles. The molecule has 4 aromatic rings. The third-order valence-electron chi connectivity index (χ3n) is 4.11. The van der Waals surface area contributed by atoms with Crippen LogP contribution in [0.5, 0.6) is 5.88 Å². The first-order chi connectivity index (χ1) is 12.7. The molecule has 0 spiro atoms. The summed E-state index contributed by atoms with van der Waals surface area (Å²) in [6.45, 7) is 0.0188. The Hall–Kier alpha value is -3.67. The number of carbonyl (C=O) groups excluding carboxylic acids is 1. The van der Waals surface area contributed by atoms with Gasteiger partial charge in [0.05, 0.1) is 12.1 Å². The molecule has 0 aliphatic rings. The number of hydrogen-bond acceptors (Lipinski definition) is 4. The summed E-state index contributed by atoms with van der Waals surface area (Å²) in [6.07, 6.45) is 0. The van der Waals surface area contributed by atoms with Crippen LogP contribution >= 0.6 is 0 Å². The van der Waals surface area contributed by atoms with Crippen LogP contribution < -0.4 is 5.32 Å². The predicted molar refractivity (Wildman–Crippen MR) is 102 cm³/mol. The second-order valence-electron chi connectivity index (χ2n) is 5.88. The van der Waals surface area contributed by atoms with Crippen LogP contribution in [0.1, 0.15) is 0 Å². The number of aromatic amines is 1. The number of hydrogen-bond donors (Lipinski definition) is 3. The predicted octanol–water partition coefficient (Wildman–Crippen LogP) is 4.75. The van der Waals surface area contributed by atoms with Crippen molar-refractivity contribution in [3.63, 3.8) is 0 Å². The molecule has 0 radical (unpaired) electrons. The SMILES string of the molecule is O=C(CNc1ccc2ccccc2c1)N=Nc1c(O)[nH]c2ccccc12. The third-order valence-corrected chi connectivity index (χ3v) is 4.11. The summed E-state index contributed by atoms with van der Waals surface area (Å²) < 4.78 is 0. The number of aromatic hydroxyl groups is 1. The lowest BCUT2D eigenvalue weighted by atomic mass is 10.1. The van der Waals surface area contributed by atoms with Gasteiger partial charge in [-0.15, -0.1) is 10.2 Å². The van der Waals surface area contributed by atoms with Crippen molar-refractivity contribution in [1.82, 2.24) is 4.98 Å². The average Bonchev–Trinajstić information content (AvgIpc) is 2.99. The van der Waals surface area contributed by atoms with E-state index in [1.807, 2.05) is 60.7 Å². The van der Waals surface area contributed by atoms with Gasteiger partial charge in [0, 0.05) is 11.1 Å². The highest BCUT2D eigenvalue weighted by atomic mass is 16.3. The maximum atomic E-state index is 12.0. The molecule has 1 amide bonds. The first-order valence-corrected chi connectivity index (χ1v) is 8.17. The van der Waals surface area contributed by atoms with Crippen molar-refractivity contribution >= 4 is 39.0 Å². The number of para-hydroxylation sites is 1. The Balaban J connectivity index is 1.46. The van der Waals surface area contributed by atoms with Crippen LogP contribution in [0.3, 0.4) is 0 Å². The summed E-state index contributed by atoms with van der Waals surface area (Å²) in [5, 5.41) is 23.5. The smallest absolute Gasteiger partial charge is 0.283 e. The van der Waals surface area contributed by atoms with Gasteiger partial charge in [0.25, 0.3) is 5.91 Å². The minimum Gasteiger partial charge on any atom is -0.493 e. The molecule has 1 aromatic heterocycles. The Labute approximate surface area is 149 Å². The van der Waals surface area contributed by atoms with Crippen LogP contribution in [0.2, 0.25) is 0 Å². The summed E-state index contributed by atoms with van der Waals surface area (Å²) in [6, 6.07) is 21.2. The molecule has 4 rings (SSSR count). The van der Waals surface area contributed by atoms with E-state index in [0.717, 1.165) is 22.0 Å². The summed E-state index contributed by atoms with van der Waals surface area (Å²) in [7, 11) is 0. The van der Waals surface area contributed by atoms with Gasteiger partial charge in [0.2, 0.25) is 5.88 Å². The molecule has 0 aliphatic heterocycles. The Bertz CT molecular complexity index is 1130. The van der Waals surface area contributed by atoms with E-state index in [9.17, 15) is 9.90 Å². The van der Waals surface area contributed by atoms with E-state index in [1.54, 1.807) is 6.07 Å². The van der Waals surface area contributed by atoms with E-state index in [2.05, 4.69) is 20.5 Å². The Morgan fingerprint density at radius 2 is 1.77 bits per heavy atom. The van der Waals surface area contributed by atoms with Crippen LogP contribution in [0.15, 0.2) is 77.0 Å². The monoisotopic (exact) mass is 344 g/mol. The standard InChI is InChI=1S/C20H16N4O2/c25-18(12-21-15-10-9-13-5-1-2-6-14(13)11-15)23-24-19-16-7-3-4-8-17(16)22-20(19)26/h1-11,21-22,26H,12H2. The van der Waals surface area contributed by atoms with Crippen LogP contribution in [-0.2, 0) is 4.79 Å². The zero-order valence-electron chi connectivity index (χ0n) is 13.8. The first kappa shape index (κ1) is 15.8. The molecule has 0 aliphatic carbocycles. The maximum Gasteiger partial charge on any atom is 0.283 e. The van der Waals surface area contributed by atoms with E-state index in [-0.39, 0.29) is 18.1 Å². The van der Waals surface area contributed by atoms with Gasteiger partial charge >= 0.3 is 0 Å². The Kier molecular flexibility index (Phi) is 4.07. The van der Waals surface area contributed by atoms with E-state index < -0.39 is 5.91 Å². The van der Waals surface area contributed by atoms with E-state index in [0.29, 0.717) is 5.39 Å². The van der Waals surface area contributed by atoms with Gasteiger partial charge in [-0.2, -0.15) is 0 Å². The van der Waals surface area contributed by atoms with Crippen molar-refractivity contribution in [2.45, 2.75) is 0 Å². The molecule has 1 heterocycles. The van der Waals surface area contributed by atoms with Gasteiger partial charge in [-0.25, -0.2) is 0 Å². The van der Waals surface area contributed by atoms with Crippen molar-refractivity contribution < 1.29 is 9.90 Å². The number of H-pyrrole nitrogens is 1. The molecule has 0 saturated heterocycles. The molecule has 0 atom stereocenters. The van der Waals surface area contributed by atoms with Gasteiger partial charge in [0.1, 0.15) is 0 Å². The topological polar surface area (TPSA) is 89.8 Å². The van der Waals surface area contributed by atoms with Crippen molar-refractivity contribution in [2.24, 2.45) is 10.2 Å². The van der Waals surface area contributed by atoms with E-state index in [1.165, 1.54) is 0 Å². The van der Waals surface area contributed by atoms with Gasteiger partial charge < -0.3 is 15.4 Å². The molecule has 3 N–H and O–H groups in total. The number of benzene rings is 3. The fourth-order valence-electron chi connectivity index (χ4n) is 2.83. The zero-order chi connectivity index (χ0) is 17.9. The summed E-state index contributed by atoms with van der Waals surface area (Å²) in [4.78, 5) is 14.8. The highest BCUT2D eigenvalue weighted by molar-refractivity contribution is 5.94. The minimum absolute atomic E-state index is 0.0188. The van der Waals surface area contributed by atoms with Gasteiger partial charge in [-0.1, -0.05) is 48.5 Å². The molecule has 6 nitrogen and oxygen atoms in total. The Morgan fingerprint density at radius 1 is 1.00 bits per heavy atom. The number of nitrogens with zero attached hydrogens (tertiary/aromatic N) is 2. The van der Waals surface area contributed by atoms with Crippen molar-refractivity contribution in [3.8, 4) is 5.88 Å². The molecular weight excluding hydrogens is 328 g/mol. The molecular formula is C20H16N4O2. The number of carbonyl (C=O) groups is 1. The molecule has 0 fully saturated rings. The van der Waals surface area contributed by atoms with Crippen molar-refractivity contribution in [3.05, 3.63) is 66.7 Å². The molecule has 26 heavy (non-hydrogen) atoms. The lowest BCUT2D eigenvalue weighted by Crippen LogP contribution is -2.10.